The van der Waals surface area contributed by atoms with Crippen LogP contribution < -0.4 is 0 Å². The predicted molar refractivity (Wildman–Crippen MR) is 85.6 cm³/mol. The smallest absolute Gasteiger partial charge is 0.234 e. The summed E-state index contributed by atoms with van der Waals surface area (Å²) in [4.78, 5) is 16.7. The lowest BCUT2D eigenvalue weighted by Gasteiger charge is -2.38. The van der Waals surface area contributed by atoms with Crippen LogP contribution >= 0.6 is 11.3 Å². The molecular weight excluding hydrogens is 282 g/mol. The standard InChI is InChI=1S/C17H25NO2S/c1-20-13-14-6-4-10-18(12-14)16(19)17(8-2-3-9-17)15-7-5-11-21-15/h5,7,11,14H,2-4,6,8-10,12-13H2,1H3. The molecule has 1 amide bonds. The van der Waals surface area contributed by atoms with E-state index in [-0.39, 0.29) is 5.41 Å². The Labute approximate surface area is 131 Å². The molecule has 1 aliphatic heterocycles. The highest BCUT2D eigenvalue weighted by Crippen LogP contribution is 2.45. The Morgan fingerprint density at radius 1 is 1.43 bits per heavy atom. The van der Waals surface area contributed by atoms with Gasteiger partial charge in [0.15, 0.2) is 0 Å². The van der Waals surface area contributed by atoms with Gasteiger partial charge in [0.1, 0.15) is 0 Å². The summed E-state index contributed by atoms with van der Waals surface area (Å²) in [5.41, 5.74) is -0.219. The Morgan fingerprint density at radius 2 is 2.24 bits per heavy atom. The Bertz CT molecular complexity index is 463. The maximum atomic E-state index is 13.3. The number of ether oxygens (including phenoxy) is 1. The first-order valence-corrected chi connectivity index (χ1v) is 8.96. The molecule has 1 aromatic rings. The number of carbonyl (C=O) groups excluding carboxylic acids is 1. The van der Waals surface area contributed by atoms with Gasteiger partial charge in [0, 0.05) is 25.1 Å². The van der Waals surface area contributed by atoms with Crippen molar-refractivity contribution in [3.63, 3.8) is 0 Å². The number of amides is 1. The highest BCUT2D eigenvalue weighted by Gasteiger charge is 2.46. The first kappa shape index (κ1) is 15.0. The molecule has 0 spiro atoms. The van der Waals surface area contributed by atoms with Crippen molar-refractivity contribution in [3.05, 3.63) is 22.4 Å². The van der Waals surface area contributed by atoms with Gasteiger partial charge in [-0.05, 0) is 43.0 Å². The molecule has 1 aromatic heterocycles. The Morgan fingerprint density at radius 3 is 2.90 bits per heavy atom. The third kappa shape index (κ3) is 2.88. The number of piperidine rings is 1. The SMILES string of the molecule is COCC1CCCN(C(=O)C2(c3cccs3)CCCC2)C1. The van der Waals surface area contributed by atoms with Gasteiger partial charge in [-0.15, -0.1) is 11.3 Å². The van der Waals surface area contributed by atoms with Crippen molar-refractivity contribution < 1.29 is 9.53 Å². The van der Waals surface area contributed by atoms with Crippen LogP contribution in [0.15, 0.2) is 17.5 Å². The minimum atomic E-state index is -0.219. The average Bonchev–Trinajstić information content (AvgIpc) is 3.19. The fraction of sp³-hybridized carbons (Fsp3) is 0.706. The van der Waals surface area contributed by atoms with Crippen LogP contribution in [-0.4, -0.2) is 37.6 Å². The minimum Gasteiger partial charge on any atom is -0.384 e. The second-order valence-corrected chi connectivity index (χ2v) is 7.43. The number of methoxy groups -OCH3 is 1. The van der Waals surface area contributed by atoms with Gasteiger partial charge < -0.3 is 9.64 Å². The number of thiophene rings is 1. The zero-order chi connectivity index (χ0) is 14.7. The summed E-state index contributed by atoms with van der Waals surface area (Å²) in [6.07, 6.45) is 6.71. The Balaban J connectivity index is 1.78. The lowest BCUT2D eigenvalue weighted by Crippen LogP contribution is -2.49. The lowest BCUT2D eigenvalue weighted by molar-refractivity contribution is -0.139. The zero-order valence-corrected chi connectivity index (χ0v) is 13.7. The molecule has 1 saturated heterocycles. The van der Waals surface area contributed by atoms with Gasteiger partial charge in [0.25, 0.3) is 0 Å². The highest BCUT2D eigenvalue weighted by molar-refractivity contribution is 7.10. The minimum absolute atomic E-state index is 0.219. The summed E-state index contributed by atoms with van der Waals surface area (Å²) in [6, 6.07) is 4.24. The van der Waals surface area contributed by atoms with Crippen LogP contribution in [0.2, 0.25) is 0 Å². The number of hydrogen-bond donors (Lipinski definition) is 0. The summed E-state index contributed by atoms with van der Waals surface area (Å²) in [7, 11) is 1.75. The lowest BCUT2D eigenvalue weighted by atomic mass is 9.82. The number of carbonyl (C=O) groups is 1. The molecule has 0 N–H and O–H groups in total. The van der Waals surface area contributed by atoms with Crippen LogP contribution in [0.3, 0.4) is 0 Å². The van der Waals surface area contributed by atoms with Crippen molar-refractivity contribution in [1.82, 2.24) is 4.90 Å². The molecule has 3 nitrogen and oxygen atoms in total. The molecule has 2 heterocycles. The molecule has 0 aromatic carbocycles. The fourth-order valence-electron chi connectivity index (χ4n) is 4.02. The molecule has 0 bridgehead atoms. The normalized spacial score (nSPS) is 25.2. The van der Waals surface area contributed by atoms with Gasteiger partial charge in [-0.3, -0.25) is 4.79 Å². The maximum Gasteiger partial charge on any atom is 0.234 e. The average molecular weight is 307 g/mol. The van der Waals surface area contributed by atoms with E-state index in [0.717, 1.165) is 39.0 Å². The van der Waals surface area contributed by atoms with E-state index in [0.29, 0.717) is 11.8 Å². The van der Waals surface area contributed by atoms with Gasteiger partial charge in [-0.1, -0.05) is 18.9 Å². The predicted octanol–water partition coefficient (Wildman–Crippen LogP) is 3.44. The molecule has 21 heavy (non-hydrogen) atoms. The van der Waals surface area contributed by atoms with Gasteiger partial charge in [0.05, 0.1) is 12.0 Å². The first-order chi connectivity index (χ1) is 10.3. The van der Waals surface area contributed by atoms with Crippen molar-refractivity contribution in [3.8, 4) is 0 Å². The van der Waals surface area contributed by atoms with E-state index in [2.05, 4.69) is 22.4 Å². The van der Waals surface area contributed by atoms with Crippen molar-refractivity contribution >= 4 is 17.2 Å². The maximum absolute atomic E-state index is 13.3. The third-order valence-electron chi connectivity index (χ3n) is 5.07. The molecular formula is C17H25NO2S. The summed E-state index contributed by atoms with van der Waals surface area (Å²) < 4.78 is 5.30. The van der Waals surface area contributed by atoms with Crippen molar-refractivity contribution in [2.75, 3.05) is 26.8 Å². The molecule has 3 rings (SSSR count). The van der Waals surface area contributed by atoms with E-state index in [1.54, 1.807) is 18.4 Å². The molecule has 0 radical (unpaired) electrons. The second kappa shape index (κ2) is 6.49. The Hall–Kier alpha value is -0.870. The van der Waals surface area contributed by atoms with Gasteiger partial charge in [-0.25, -0.2) is 0 Å². The van der Waals surface area contributed by atoms with Crippen LogP contribution in [0.5, 0.6) is 0 Å². The number of rotatable bonds is 4. The molecule has 4 heteroatoms. The van der Waals surface area contributed by atoms with Crippen LogP contribution in [0, 0.1) is 5.92 Å². The monoisotopic (exact) mass is 307 g/mol. The van der Waals surface area contributed by atoms with E-state index in [9.17, 15) is 4.79 Å². The molecule has 2 fully saturated rings. The largest absolute Gasteiger partial charge is 0.384 e. The Kier molecular flexibility index (Phi) is 4.65. The number of likely N-dealkylation sites (tertiary alicyclic amines) is 1. The van der Waals surface area contributed by atoms with E-state index in [1.807, 2.05) is 0 Å². The van der Waals surface area contributed by atoms with Crippen molar-refractivity contribution in [2.45, 2.75) is 43.9 Å². The van der Waals surface area contributed by atoms with Crippen LogP contribution in [0.1, 0.15) is 43.4 Å². The molecule has 1 unspecified atom stereocenters. The number of hydrogen-bond acceptors (Lipinski definition) is 3. The highest BCUT2D eigenvalue weighted by atomic mass is 32.1. The summed E-state index contributed by atoms with van der Waals surface area (Å²) in [6.45, 7) is 2.57. The van der Waals surface area contributed by atoms with Crippen LogP contribution in [0.4, 0.5) is 0 Å². The fourth-order valence-corrected chi connectivity index (χ4v) is 5.00. The van der Waals surface area contributed by atoms with E-state index >= 15 is 0 Å². The van der Waals surface area contributed by atoms with Gasteiger partial charge in [0.2, 0.25) is 5.91 Å². The first-order valence-electron chi connectivity index (χ1n) is 8.08. The summed E-state index contributed by atoms with van der Waals surface area (Å²) in [5.74, 6) is 0.887. The van der Waals surface area contributed by atoms with Gasteiger partial charge in [-0.2, -0.15) is 0 Å². The van der Waals surface area contributed by atoms with E-state index < -0.39 is 0 Å². The van der Waals surface area contributed by atoms with E-state index in [1.165, 1.54) is 24.1 Å². The molecule has 116 valence electrons. The molecule has 2 aliphatic rings. The van der Waals surface area contributed by atoms with Gasteiger partial charge >= 0.3 is 0 Å². The topological polar surface area (TPSA) is 29.5 Å². The summed E-state index contributed by atoms with van der Waals surface area (Å²) >= 11 is 1.75. The molecule has 1 saturated carbocycles. The van der Waals surface area contributed by atoms with E-state index in [4.69, 9.17) is 4.74 Å². The third-order valence-corrected chi connectivity index (χ3v) is 6.14. The summed E-state index contributed by atoms with van der Waals surface area (Å²) in [5, 5.41) is 2.10. The van der Waals surface area contributed by atoms with Crippen LogP contribution in [-0.2, 0) is 14.9 Å². The molecule has 1 aliphatic carbocycles. The molecule has 1 atom stereocenters. The second-order valence-electron chi connectivity index (χ2n) is 6.48. The van der Waals surface area contributed by atoms with Crippen molar-refractivity contribution in [2.24, 2.45) is 5.92 Å². The zero-order valence-electron chi connectivity index (χ0n) is 12.8. The quantitative estimate of drug-likeness (QED) is 0.853. The van der Waals surface area contributed by atoms with Crippen LogP contribution in [0.25, 0.3) is 0 Å². The van der Waals surface area contributed by atoms with Crippen molar-refractivity contribution in [1.29, 1.82) is 0 Å². The number of nitrogens with zero attached hydrogens (tertiary/aromatic N) is 1.